The number of hydrogen-bond donors (Lipinski definition) is 3. The van der Waals surface area contributed by atoms with Crippen LogP contribution in [0, 0.1) is 5.82 Å². The summed E-state index contributed by atoms with van der Waals surface area (Å²) in [6.45, 7) is 2.78. The Kier molecular flexibility index (Phi) is 8.10. The Hall–Kier alpha value is -2.37. The summed E-state index contributed by atoms with van der Waals surface area (Å²) in [5.74, 6) is 1.39. The van der Waals surface area contributed by atoms with Crippen LogP contribution in [0.15, 0.2) is 34.2 Å². The molecule has 3 aromatic rings. The van der Waals surface area contributed by atoms with Crippen molar-refractivity contribution in [2.45, 2.75) is 45.2 Å². The highest BCUT2D eigenvalue weighted by atomic mass is 127. The van der Waals surface area contributed by atoms with Crippen LogP contribution in [0.25, 0.3) is 10.9 Å². The second-order valence-corrected chi connectivity index (χ2v) is 7.56. The van der Waals surface area contributed by atoms with E-state index in [2.05, 4.69) is 25.7 Å². The number of aromatic amines is 1. The number of rotatable bonds is 7. The van der Waals surface area contributed by atoms with E-state index in [9.17, 15) is 9.18 Å². The molecule has 2 aromatic heterocycles. The number of guanidine groups is 1. The zero-order chi connectivity index (χ0) is 20.9. The SMILES string of the molecule is CN=C(NCCCn1nc2n(c1=O)CCCC2)NCCc1c[nH]c2cc(F)ccc12.I. The van der Waals surface area contributed by atoms with Crippen molar-refractivity contribution in [3.63, 3.8) is 0 Å². The van der Waals surface area contributed by atoms with Gasteiger partial charge in [-0.3, -0.25) is 9.56 Å². The lowest BCUT2D eigenvalue weighted by molar-refractivity contribution is 0.509. The number of aryl methyl sites for hydroxylation is 2. The predicted octanol–water partition coefficient (Wildman–Crippen LogP) is 2.42. The molecule has 31 heavy (non-hydrogen) atoms. The molecular weight excluding hydrogens is 512 g/mol. The lowest BCUT2D eigenvalue weighted by Gasteiger charge is -2.11. The van der Waals surface area contributed by atoms with Crippen molar-refractivity contribution in [3.8, 4) is 0 Å². The minimum absolute atomic E-state index is 0. The Bertz CT molecular complexity index is 1100. The molecule has 3 N–H and O–H groups in total. The molecule has 10 heteroatoms. The highest BCUT2D eigenvalue weighted by molar-refractivity contribution is 14.0. The number of halogens is 2. The van der Waals surface area contributed by atoms with Gasteiger partial charge in [0.05, 0.1) is 0 Å². The minimum atomic E-state index is -0.239. The normalized spacial score (nSPS) is 13.7. The van der Waals surface area contributed by atoms with Crippen LogP contribution < -0.4 is 16.3 Å². The fraction of sp³-hybridized carbons (Fsp3) is 0.476. The Balaban J connectivity index is 0.00000272. The zero-order valence-electron chi connectivity index (χ0n) is 17.7. The molecule has 0 atom stereocenters. The number of H-pyrrole nitrogens is 1. The van der Waals surface area contributed by atoms with Crippen molar-refractivity contribution in [2.24, 2.45) is 4.99 Å². The molecule has 0 fully saturated rings. The van der Waals surface area contributed by atoms with E-state index in [1.807, 2.05) is 6.20 Å². The van der Waals surface area contributed by atoms with Gasteiger partial charge in [0, 0.05) is 56.7 Å². The lowest BCUT2D eigenvalue weighted by Crippen LogP contribution is -2.39. The van der Waals surface area contributed by atoms with Gasteiger partial charge in [-0.05, 0) is 49.4 Å². The fourth-order valence-corrected chi connectivity index (χ4v) is 3.93. The van der Waals surface area contributed by atoms with Gasteiger partial charge >= 0.3 is 5.69 Å². The Morgan fingerprint density at radius 1 is 1.29 bits per heavy atom. The molecule has 0 amide bonds. The van der Waals surface area contributed by atoms with E-state index in [0.29, 0.717) is 19.6 Å². The zero-order valence-corrected chi connectivity index (χ0v) is 20.0. The summed E-state index contributed by atoms with van der Waals surface area (Å²) in [7, 11) is 1.73. The topological polar surface area (TPSA) is 92.0 Å². The molecule has 0 saturated carbocycles. The summed E-state index contributed by atoms with van der Waals surface area (Å²) in [6.07, 6.45) is 6.55. The predicted molar refractivity (Wildman–Crippen MR) is 131 cm³/mol. The maximum absolute atomic E-state index is 13.3. The first-order valence-corrected chi connectivity index (χ1v) is 10.5. The maximum atomic E-state index is 13.3. The second-order valence-electron chi connectivity index (χ2n) is 7.56. The molecule has 4 rings (SSSR count). The third-order valence-corrected chi connectivity index (χ3v) is 5.51. The van der Waals surface area contributed by atoms with Crippen LogP contribution >= 0.6 is 24.0 Å². The highest BCUT2D eigenvalue weighted by Gasteiger charge is 2.16. The van der Waals surface area contributed by atoms with Gasteiger partial charge in [-0.15, -0.1) is 24.0 Å². The molecule has 0 aliphatic carbocycles. The highest BCUT2D eigenvalue weighted by Crippen LogP contribution is 2.19. The van der Waals surface area contributed by atoms with Gasteiger partial charge in [-0.1, -0.05) is 0 Å². The average molecular weight is 541 g/mol. The number of fused-ring (bicyclic) bond motifs is 2. The summed E-state index contributed by atoms with van der Waals surface area (Å²) in [6, 6.07) is 4.79. The summed E-state index contributed by atoms with van der Waals surface area (Å²) in [5, 5.41) is 12.1. The average Bonchev–Trinajstić information content (AvgIpc) is 3.30. The molecule has 1 aliphatic rings. The molecular formula is C21H29FIN7O. The lowest BCUT2D eigenvalue weighted by atomic mass is 10.1. The van der Waals surface area contributed by atoms with Gasteiger partial charge in [0.25, 0.3) is 0 Å². The van der Waals surface area contributed by atoms with Crippen molar-refractivity contribution in [1.82, 2.24) is 30.0 Å². The molecule has 0 radical (unpaired) electrons. The van der Waals surface area contributed by atoms with Crippen LogP contribution in [0.1, 0.15) is 30.7 Å². The third kappa shape index (κ3) is 5.46. The first-order chi connectivity index (χ1) is 14.7. The van der Waals surface area contributed by atoms with Crippen molar-refractivity contribution >= 4 is 40.8 Å². The monoisotopic (exact) mass is 541 g/mol. The quantitative estimate of drug-likeness (QED) is 0.186. The Labute approximate surface area is 197 Å². The Morgan fingerprint density at radius 3 is 2.94 bits per heavy atom. The van der Waals surface area contributed by atoms with Gasteiger partial charge in [0.2, 0.25) is 0 Å². The summed E-state index contributed by atoms with van der Waals surface area (Å²) >= 11 is 0. The molecule has 168 valence electrons. The van der Waals surface area contributed by atoms with E-state index in [1.54, 1.807) is 22.4 Å². The molecule has 0 spiro atoms. The maximum Gasteiger partial charge on any atom is 0.345 e. The minimum Gasteiger partial charge on any atom is -0.361 e. The molecule has 8 nitrogen and oxygen atoms in total. The standard InChI is InChI=1S/C21H28FN7O.HI/c1-23-20(25-10-8-15-14-26-18-13-16(22)6-7-17(15)18)24-9-4-12-29-21(30)28-11-3-2-5-19(28)27-29;/h6-7,13-14,26H,2-5,8-12H2,1H3,(H2,23,24,25);1H. The van der Waals surface area contributed by atoms with Gasteiger partial charge in [0.15, 0.2) is 5.96 Å². The Morgan fingerprint density at radius 2 is 2.13 bits per heavy atom. The number of aromatic nitrogens is 4. The molecule has 0 saturated heterocycles. The van der Waals surface area contributed by atoms with Gasteiger partial charge in [-0.2, -0.15) is 5.10 Å². The van der Waals surface area contributed by atoms with Crippen LogP contribution in [0.4, 0.5) is 4.39 Å². The number of hydrogen-bond acceptors (Lipinski definition) is 3. The molecule has 0 bridgehead atoms. The number of nitrogens with zero attached hydrogens (tertiary/aromatic N) is 4. The van der Waals surface area contributed by atoms with Crippen LogP contribution in [-0.2, 0) is 25.9 Å². The van der Waals surface area contributed by atoms with Crippen LogP contribution in [0.2, 0.25) is 0 Å². The van der Waals surface area contributed by atoms with Crippen molar-refractivity contribution in [3.05, 3.63) is 52.1 Å². The summed E-state index contributed by atoms with van der Waals surface area (Å²) in [5.41, 5.74) is 1.95. The third-order valence-electron chi connectivity index (χ3n) is 5.51. The smallest absolute Gasteiger partial charge is 0.345 e. The van der Waals surface area contributed by atoms with Crippen molar-refractivity contribution in [2.75, 3.05) is 20.1 Å². The molecule has 3 heterocycles. The van der Waals surface area contributed by atoms with E-state index in [4.69, 9.17) is 0 Å². The van der Waals surface area contributed by atoms with Gasteiger partial charge in [0.1, 0.15) is 11.6 Å². The van der Waals surface area contributed by atoms with Crippen molar-refractivity contribution in [1.29, 1.82) is 0 Å². The van der Waals surface area contributed by atoms with E-state index in [-0.39, 0.29) is 35.5 Å². The first-order valence-electron chi connectivity index (χ1n) is 10.5. The van der Waals surface area contributed by atoms with E-state index >= 15 is 0 Å². The first kappa shape index (κ1) is 23.3. The largest absolute Gasteiger partial charge is 0.361 e. The number of benzene rings is 1. The summed E-state index contributed by atoms with van der Waals surface area (Å²) < 4.78 is 16.7. The summed E-state index contributed by atoms with van der Waals surface area (Å²) in [4.78, 5) is 19.7. The van der Waals surface area contributed by atoms with Gasteiger partial charge in [-0.25, -0.2) is 13.9 Å². The van der Waals surface area contributed by atoms with Crippen LogP contribution in [-0.4, -0.2) is 45.4 Å². The number of nitrogens with one attached hydrogen (secondary N) is 3. The van der Waals surface area contributed by atoms with E-state index < -0.39 is 0 Å². The second kappa shape index (κ2) is 10.8. The van der Waals surface area contributed by atoms with Gasteiger partial charge < -0.3 is 15.6 Å². The molecule has 1 aromatic carbocycles. The van der Waals surface area contributed by atoms with E-state index in [0.717, 1.165) is 66.9 Å². The van der Waals surface area contributed by atoms with Crippen LogP contribution in [0.3, 0.4) is 0 Å². The van der Waals surface area contributed by atoms with Crippen LogP contribution in [0.5, 0.6) is 0 Å². The molecule has 0 unspecified atom stereocenters. The number of aliphatic imine (C=N–C) groups is 1. The van der Waals surface area contributed by atoms with E-state index in [1.165, 1.54) is 12.1 Å². The fourth-order valence-electron chi connectivity index (χ4n) is 3.93. The molecule has 1 aliphatic heterocycles. The van der Waals surface area contributed by atoms with Crippen molar-refractivity contribution < 1.29 is 4.39 Å².